The molecule has 2 unspecified atom stereocenters. The second-order valence-electron chi connectivity index (χ2n) is 12.2. The van der Waals surface area contributed by atoms with Gasteiger partial charge in [-0.1, -0.05) is 18.1 Å². The molecule has 1 aliphatic heterocycles. The number of rotatable bonds is 12. The van der Waals surface area contributed by atoms with Crippen molar-refractivity contribution in [2.24, 2.45) is 0 Å². The Morgan fingerprint density at radius 3 is 2.53 bits per heavy atom. The zero-order valence-corrected chi connectivity index (χ0v) is 25.6. The fraction of sp³-hybridized carbons (Fsp3) is 0.389. The predicted octanol–water partition coefficient (Wildman–Crippen LogP) is 4.49. The second kappa shape index (κ2) is 13.9. The van der Waals surface area contributed by atoms with E-state index in [1.165, 1.54) is 12.1 Å². The minimum atomic E-state index is -1.11. The molecule has 236 valence electrons. The van der Waals surface area contributed by atoms with E-state index >= 15 is 0 Å². The van der Waals surface area contributed by atoms with Crippen molar-refractivity contribution in [2.75, 3.05) is 26.8 Å². The van der Waals surface area contributed by atoms with Crippen LogP contribution in [0.15, 0.2) is 60.7 Å². The van der Waals surface area contributed by atoms with Crippen LogP contribution in [0.3, 0.4) is 0 Å². The number of carbonyl (C=O) groups is 2. The van der Waals surface area contributed by atoms with Crippen LogP contribution >= 0.6 is 0 Å². The molecule has 3 aromatic rings. The number of hydrogen-bond acceptors (Lipinski definition) is 5. The van der Waals surface area contributed by atoms with Crippen LogP contribution in [-0.2, 0) is 16.7 Å². The van der Waals surface area contributed by atoms with Gasteiger partial charge in [0.05, 0.1) is 24.8 Å². The molecule has 5 rings (SSSR count). The summed E-state index contributed by atoms with van der Waals surface area (Å²) in [5.41, 5.74) is 3.08. The minimum absolute atomic E-state index is 0.0209. The second-order valence-corrected chi connectivity index (χ2v) is 12.2. The molecule has 1 heterocycles. The van der Waals surface area contributed by atoms with Crippen LogP contribution in [0.4, 0.5) is 8.78 Å². The third-order valence-electron chi connectivity index (χ3n) is 8.72. The first-order chi connectivity index (χ1) is 21.6. The fourth-order valence-corrected chi connectivity index (χ4v) is 6.23. The van der Waals surface area contributed by atoms with E-state index in [1.54, 1.807) is 37.1 Å². The Morgan fingerprint density at radius 2 is 1.84 bits per heavy atom. The topological polar surface area (TPSA) is 90.9 Å². The molecule has 0 aromatic heterocycles. The maximum absolute atomic E-state index is 14.1. The molecule has 0 bridgehead atoms. The van der Waals surface area contributed by atoms with Gasteiger partial charge in [-0.15, -0.1) is 6.42 Å². The predicted molar refractivity (Wildman–Crippen MR) is 168 cm³/mol. The normalized spacial score (nSPS) is 18.2. The summed E-state index contributed by atoms with van der Waals surface area (Å²) in [4.78, 5) is 28.9. The molecule has 1 saturated carbocycles. The van der Waals surface area contributed by atoms with Crippen molar-refractivity contribution in [2.45, 2.75) is 62.8 Å². The summed E-state index contributed by atoms with van der Waals surface area (Å²) in [6.45, 7) is 2.97. The van der Waals surface area contributed by atoms with Crippen molar-refractivity contribution in [3.05, 3.63) is 106 Å². The van der Waals surface area contributed by atoms with Gasteiger partial charge >= 0.3 is 0 Å². The van der Waals surface area contributed by atoms with Gasteiger partial charge in [-0.2, -0.15) is 0 Å². The molecule has 3 atom stereocenters. The number of aliphatic hydroxyl groups is 1. The van der Waals surface area contributed by atoms with E-state index in [9.17, 15) is 23.5 Å². The van der Waals surface area contributed by atoms with E-state index in [0.717, 1.165) is 48.4 Å². The Hall–Kier alpha value is -4.10. The van der Waals surface area contributed by atoms with Crippen LogP contribution in [0.25, 0.3) is 0 Å². The molecule has 3 N–H and O–H groups in total. The number of aryl methyl sites for hydroxylation is 1. The lowest BCUT2D eigenvalue weighted by Gasteiger charge is -2.28. The molecule has 9 heteroatoms. The molecule has 3 aromatic carbocycles. The smallest absolute Gasteiger partial charge is 0.254 e. The molecule has 1 saturated heterocycles. The highest BCUT2D eigenvalue weighted by Crippen LogP contribution is 2.45. The number of benzene rings is 3. The van der Waals surface area contributed by atoms with Crippen molar-refractivity contribution in [3.63, 3.8) is 0 Å². The summed E-state index contributed by atoms with van der Waals surface area (Å²) >= 11 is 0. The molecule has 2 amide bonds. The van der Waals surface area contributed by atoms with Crippen molar-refractivity contribution >= 4 is 11.8 Å². The summed E-state index contributed by atoms with van der Waals surface area (Å²) in [6.07, 6.45) is 7.88. The van der Waals surface area contributed by atoms with Gasteiger partial charge in [0.25, 0.3) is 11.8 Å². The monoisotopic (exact) mass is 615 g/mol. The van der Waals surface area contributed by atoms with Crippen molar-refractivity contribution in [3.8, 4) is 12.3 Å². The Bertz CT molecular complexity index is 1580. The summed E-state index contributed by atoms with van der Waals surface area (Å²) in [5, 5.41) is 17.7. The van der Waals surface area contributed by atoms with E-state index in [4.69, 9.17) is 11.2 Å². The third kappa shape index (κ3) is 7.77. The average molecular weight is 616 g/mol. The molecule has 0 spiro atoms. The summed E-state index contributed by atoms with van der Waals surface area (Å²) in [6, 6.07) is 14.9. The highest BCUT2D eigenvalue weighted by Gasteiger charge is 2.44. The molecule has 45 heavy (non-hydrogen) atoms. The Labute approximate surface area is 263 Å². The van der Waals surface area contributed by atoms with Crippen molar-refractivity contribution in [1.29, 1.82) is 0 Å². The number of carbonyl (C=O) groups excluding carboxylic acids is 2. The molecule has 2 aliphatic rings. The number of terminal acetylenes is 1. The van der Waals surface area contributed by atoms with Gasteiger partial charge in [0, 0.05) is 48.5 Å². The average Bonchev–Trinajstić information content (AvgIpc) is 3.68. The maximum Gasteiger partial charge on any atom is 0.254 e. The lowest BCUT2D eigenvalue weighted by molar-refractivity contribution is 0.0630. The largest absolute Gasteiger partial charge is 0.390 e. The molecule has 7 nitrogen and oxygen atoms in total. The number of methoxy groups -OCH3 is 1. The number of halogens is 2. The van der Waals surface area contributed by atoms with Gasteiger partial charge < -0.3 is 25.4 Å². The zero-order valence-electron chi connectivity index (χ0n) is 25.6. The van der Waals surface area contributed by atoms with Gasteiger partial charge in [0.2, 0.25) is 0 Å². The Kier molecular flexibility index (Phi) is 9.98. The lowest BCUT2D eigenvalue weighted by atomic mass is 9.98. The van der Waals surface area contributed by atoms with E-state index in [1.807, 2.05) is 24.3 Å². The number of amides is 2. The molecular weight excluding hydrogens is 576 g/mol. The van der Waals surface area contributed by atoms with E-state index in [-0.39, 0.29) is 41.6 Å². The fourth-order valence-electron chi connectivity index (χ4n) is 6.23. The van der Waals surface area contributed by atoms with E-state index in [0.29, 0.717) is 18.7 Å². The molecule has 0 radical (unpaired) electrons. The van der Waals surface area contributed by atoms with Crippen LogP contribution < -0.4 is 10.6 Å². The minimum Gasteiger partial charge on any atom is -0.390 e. The maximum atomic E-state index is 14.1. The third-order valence-corrected chi connectivity index (χ3v) is 8.72. The van der Waals surface area contributed by atoms with Gasteiger partial charge in [-0.05, 0) is 98.2 Å². The lowest BCUT2D eigenvalue weighted by Crippen LogP contribution is -2.50. The Balaban J connectivity index is 1.35. The number of hydrogen-bond donors (Lipinski definition) is 3. The first-order valence-corrected chi connectivity index (χ1v) is 15.3. The number of ether oxygens (including phenoxy) is 1. The van der Waals surface area contributed by atoms with Crippen LogP contribution in [0.5, 0.6) is 0 Å². The van der Waals surface area contributed by atoms with Crippen LogP contribution in [0, 0.1) is 30.9 Å². The molecule has 1 aliphatic carbocycles. The van der Waals surface area contributed by atoms with Gasteiger partial charge in [-0.25, -0.2) is 8.78 Å². The van der Waals surface area contributed by atoms with Crippen LogP contribution in [0.2, 0.25) is 0 Å². The van der Waals surface area contributed by atoms with Gasteiger partial charge in [0.1, 0.15) is 11.6 Å². The van der Waals surface area contributed by atoms with Gasteiger partial charge in [-0.3, -0.25) is 9.59 Å². The number of aliphatic hydroxyl groups excluding tert-OH is 1. The standard InChI is InChI=1S/C36H39F2N3O4/c1-4-24-7-5-8-28(15-24)36(10-11-36)39-21-33(42)32(18-25-16-29(37)20-30(38)17-25)40-34(43)26-13-23(2)14-27(19-26)35(44)41-12-6-9-31(41)22-45-3/h1,5,7-8,13-17,19-20,31-33,39,42H,6,9-12,18,21-22H2,2-3H3,(H,40,43)/t31-,32?,33?/m1/s1. The number of nitrogens with one attached hydrogen (secondary N) is 2. The summed E-state index contributed by atoms with van der Waals surface area (Å²) in [5.74, 6) is 0.471. The van der Waals surface area contributed by atoms with Crippen molar-refractivity contribution < 1.29 is 28.2 Å². The van der Waals surface area contributed by atoms with Gasteiger partial charge in [0.15, 0.2) is 0 Å². The van der Waals surface area contributed by atoms with Crippen LogP contribution in [-0.4, -0.2) is 66.8 Å². The summed E-state index contributed by atoms with van der Waals surface area (Å²) in [7, 11) is 1.61. The molecule has 2 fully saturated rings. The first kappa shape index (κ1) is 32.3. The van der Waals surface area contributed by atoms with Crippen molar-refractivity contribution in [1.82, 2.24) is 15.5 Å². The number of nitrogens with zero attached hydrogens (tertiary/aromatic N) is 1. The number of likely N-dealkylation sites (tertiary alicyclic amines) is 1. The van der Waals surface area contributed by atoms with E-state index < -0.39 is 29.7 Å². The molecular formula is C36H39F2N3O4. The Morgan fingerprint density at radius 1 is 1.11 bits per heavy atom. The highest BCUT2D eigenvalue weighted by molar-refractivity contribution is 6.00. The SMILES string of the molecule is C#Cc1cccc(C2(NCC(O)C(Cc3cc(F)cc(F)c3)NC(=O)c3cc(C)cc(C(=O)N4CCC[C@@H]4COC)c3)CC2)c1. The zero-order chi connectivity index (χ0) is 32.1. The van der Waals surface area contributed by atoms with Crippen LogP contribution in [0.1, 0.15) is 68.7 Å². The van der Waals surface area contributed by atoms with E-state index in [2.05, 4.69) is 16.6 Å². The first-order valence-electron chi connectivity index (χ1n) is 15.3. The quantitative estimate of drug-likeness (QED) is 0.262. The highest BCUT2D eigenvalue weighted by atomic mass is 19.1. The summed E-state index contributed by atoms with van der Waals surface area (Å²) < 4.78 is 33.5.